The highest BCUT2D eigenvalue weighted by Gasteiger charge is 2.48. The number of cyclic esters (lactones) is 1. The molecule has 17 nitrogen and oxygen atoms in total. The van der Waals surface area contributed by atoms with Crippen LogP contribution in [0.3, 0.4) is 0 Å². The van der Waals surface area contributed by atoms with Crippen LogP contribution in [0.25, 0.3) is 0 Å². The van der Waals surface area contributed by atoms with Gasteiger partial charge in [-0.2, -0.15) is 0 Å². The lowest BCUT2D eigenvalue weighted by Crippen LogP contribution is -2.58. The third-order valence-electron chi connectivity index (χ3n) is 11.8. The van der Waals surface area contributed by atoms with E-state index >= 15 is 0 Å². The second kappa shape index (κ2) is 34.2. The van der Waals surface area contributed by atoms with E-state index in [0.29, 0.717) is 32.1 Å². The maximum atomic E-state index is 13.5. The van der Waals surface area contributed by atoms with Crippen molar-refractivity contribution in [1.29, 1.82) is 0 Å². The molecule has 2 unspecified atom stereocenters. The van der Waals surface area contributed by atoms with E-state index in [1.54, 1.807) is 12.2 Å². The molecule has 2 heterocycles. The van der Waals surface area contributed by atoms with Crippen LogP contribution in [-0.2, 0) is 37.4 Å². The van der Waals surface area contributed by atoms with Crippen LogP contribution in [0, 0.1) is 5.92 Å². The summed E-state index contributed by atoms with van der Waals surface area (Å²) in [5.41, 5.74) is 0. The molecule has 13 atom stereocenters. The van der Waals surface area contributed by atoms with Gasteiger partial charge in [0.25, 0.3) is 0 Å². The molecule has 0 spiro atoms. The Hall–Kier alpha value is -2.09. The number of ether oxygens (including phenoxy) is 3. The summed E-state index contributed by atoms with van der Waals surface area (Å²) in [5, 5.41) is 89.4. The van der Waals surface area contributed by atoms with Gasteiger partial charge in [-0.05, 0) is 57.8 Å². The molecule has 2 rings (SSSR count). The van der Waals surface area contributed by atoms with Crippen molar-refractivity contribution in [1.82, 2.24) is 0 Å². The quantitative estimate of drug-likeness (QED) is 0.0280. The summed E-state index contributed by atoms with van der Waals surface area (Å²) in [6.07, 6.45) is 5.29. The second-order valence-electron chi connectivity index (χ2n) is 17.5. The molecule has 18 heteroatoms. The molecule has 2 aliphatic heterocycles. The summed E-state index contributed by atoms with van der Waals surface area (Å²) >= 11 is 0. The van der Waals surface area contributed by atoms with Gasteiger partial charge in [0.05, 0.1) is 24.9 Å². The fourth-order valence-electron chi connectivity index (χ4n) is 7.74. The molecule has 378 valence electrons. The number of carbonyl (C=O) groups is 2. The minimum atomic E-state index is -5.48. The number of esters is 2. The molecule has 0 saturated carbocycles. The van der Waals surface area contributed by atoms with E-state index in [2.05, 4.69) is 19.1 Å². The van der Waals surface area contributed by atoms with E-state index in [9.17, 15) is 59.9 Å². The van der Waals surface area contributed by atoms with Crippen LogP contribution >= 0.6 is 7.82 Å². The van der Waals surface area contributed by atoms with Gasteiger partial charge in [-0.3, -0.25) is 18.6 Å². The van der Waals surface area contributed by atoms with Crippen molar-refractivity contribution in [3.8, 4) is 0 Å². The van der Waals surface area contributed by atoms with Gasteiger partial charge in [0, 0.05) is 25.2 Å². The summed E-state index contributed by atoms with van der Waals surface area (Å²) in [7, 11) is -5.48. The standard InChI is InChI=1S/C47H83O17P/c1-3-5-7-8-9-10-11-12-13-14-15-16-17-18-24-28-40(51)62-35-32-60-39(50)27-23-20-19-22-26-36-37(49)31-41(52)63-38(30-29-34(48)25-21-6-4-2)43(54)45(56)47(46(57)44(55)42(36)53)64-65(58,59)61-33-35/h12-13,19,22,29-30,34-38,41-49,52-57H,3-11,14-18,20-21,23-28,31-33H2,1-2H3,(H,58,59)/b13-12-,22-19?,30-29?/t34-,35+,36-,37-,38+,41?,42+,43+,44-,45+,46+,47+/m0/s1. The molecule has 0 amide bonds. The number of unbranched alkanes of at least 4 members (excludes halogenated alkanes) is 13. The Kier molecular flexibility index (Phi) is 31.1. The van der Waals surface area contributed by atoms with Gasteiger partial charge in [-0.1, -0.05) is 121 Å². The Morgan fingerprint density at radius 1 is 0.800 bits per heavy atom. The van der Waals surface area contributed by atoms with Gasteiger partial charge >= 0.3 is 19.8 Å². The summed E-state index contributed by atoms with van der Waals surface area (Å²) in [5.74, 6) is -2.64. The third kappa shape index (κ3) is 25.2. The zero-order valence-electron chi connectivity index (χ0n) is 38.8. The maximum Gasteiger partial charge on any atom is 0.472 e. The highest BCUT2D eigenvalue weighted by Crippen LogP contribution is 2.47. The number of rotatable bonds is 22. The first-order valence-electron chi connectivity index (χ1n) is 24.2. The minimum Gasteiger partial charge on any atom is -0.462 e. The second-order valence-corrected chi connectivity index (χ2v) is 18.9. The van der Waals surface area contributed by atoms with Crippen LogP contribution in [0.1, 0.15) is 162 Å². The van der Waals surface area contributed by atoms with Crippen molar-refractivity contribution in [3.05, 3.63) is 36.5 Å². The maximum absolute atomic E-state index is 13.5. The number of carbonyl (C=O) groups excluding carboxylic acids is 2. The summed E-state index contributed by atoms with van der Waals surface area (Å²) in [4.78, 5) is 36.5. The van der Waals surface area contributed by atoms with E-state index in [4.69, 9.17) is 23.3 Å². The third-order valence-corrected chi connectivity index (χ3v) is 12.7. The number of aliphatic hydroxyl groups excluding tert-OH is 8. The molecule has 0 radical (unpaired) electrons. The molecule has 2 aliphatic rings. The first-order chi connectivity index (χ1) is 31.1. The van der Waals surface area contributed by atoms with Crippen molar-refractivity contribution in [3.63, 3.8) is 0 Å². The first-order valence-corrected chi connectivity index (χ1v) is 25.7. The minimum absolute atomic E-state index is 0.0125. The van der Waals surface area contributed by atoms with Gasteiger partial charge in [-0.15, -0.1) is 0 Å². The molecule has 0 aromatic rings. The largest absolute Gasteiger partial charge is 0.472 e. The number of allylic oxidation sites excluding steroid dienone is 4. The Balaban J connectivity index is 2.22. The average molecular weight is 951 g/mol. The fraction of sp³-hybridized carbons (Fsp3) is 0.830. The monoisotopic (exact) mass is 951 g/mol. The molecule has 2 bridgehead atoms. The van der Waals surface area contributed by atoms with Crippen LogP contribution < -0.4 is 0 Å². The van der Waals surface area contributed by atoms with E-state index in [1.807, 2.05) is 6.92 Å². The number of aliphatic hydroxyl groups is 8. The van der Waals surface area contributed by atoms with Crippen molar-refractivity contribution < 1.29 is 83.2 Å². The van der Waals surface area contributed by atoms with E-state index in [1.165, 1.54) is 44.6 Å². The number of phosphoric ester groups is 1. The number of phosphoric acid groups is 1. The summed E-state index contributed by atoms with van der Waals surface area (Å²) in [6.45, 7) is 2.77. The lowest BCUT2D eigenvalue weighted by Gasteiger charge is -2.39. The average Bonchev–Trinajstić information content (AvgIpc) is 3.27. The zero-order valence-corrected chi connectivity index (χ0v) is 39.7. The molecular weight excluding hydrogens is 867 g/mol. The first kappa shape index (κ1) is 59.0. The van der Waals surface area contributed by atoms with E-state index < -0.39 is 113 Å². The topological polar surface area (TPSA) is 279 Å². The Morgan fingerprint density at radius 2 is 1.42 bits per heavy atom. The Morgan fingerprint density at radius 3 is 2.09 bits per heavy atom. The molecule has 9 N–H and O–H groups in total. The van der Waals surface area contributed by atoms with Crippen LogP contribution in [0.2, 0.25) is 0 Å². The van der Waals surface area contributed by atoms with Crippen molar-refractivity contribution in [2.75, 3.05) is 13.2 Å². The Labute approximate surface area is 386 Å². The number of fused-ring (bicyclic) bond motifs is 4. The van der Waals surface area contributed by atoms with E-state index in [0.717, 1.165) is 57.4 Å². The van der Waals surface area contributed by atoms with Gasteiger partial charge < -0.3 is 60.0 Å². The van der Waals surface area contributed by atoms with Gasteiger partial charge in [0.15, 0.2) is 12.4 Å². The molecule has 65 heavy (non-hydrogen) atoms. The molecular formula is C47H83O17P. The zero-order chi connectivity index (χ0) is 48.0. The highest BCUT2D eigenvalue weighted by molar-refractivity contribution is 7.47. The molecule has 0 aliphatic carbocycles. The summed E-state index contributed by atoms with van der Waals surface area (Å²) in [6, 6.07) is 0. The van der Waals surface area contributed by atoms with Gasteiger partial charge in [0.1, 0.15) is 43.2 Å². The van der Waals surface area contributed by atoms with Crippen molar-refractivity contribution in [2.24, 2.45) is 5.92 Å². The predicted octanol–water partition coefficient (Wildman–Crippen LogP) is 5.50. The van der Waals surface area contributed by atoms with Crippen molar-refractivity contribution in [2.45, 2.75) is 229 Å². The molecule has 0 aromatic heterocycles. The van der Waals surface area contributed by atoms with Gasteiger partial charge in [-0.25, -0.2) is 4.57 Å². The van der Waals surface area contributed by atoms with Crippen LogP contribution in [0.15, 0.2) is 36.5 Å². The van der Waals surface area contributed by atoms with Crippen LogP contribution in [0.5, 0.6) is 0 Å². The molecule has 1 fully saturated rings. The normalized spacial score (nSPS) is 32.4. The van der Waals surface area contributed by atoms with Crippen molar-refractivity contribution >= 4 is 19.8 Å². The smallest absolute Gasteiger partial charge is 0.462 e. The fourth-order valence-corrected chi connectivity index (χ4v) is 8.71. The SMILES string of the molecule is CCCCCCCC/C=C\CCCCCCCC(=O)O[C@@H]1COC(=O)CCCC=CC[C@@H]2[C@@H](O)[C@H](O)[C@@H](O)[C@H](OP(=O)(O)OC1)[C@H](O)[C@H](O)[C@@H](C=C[C@@H](O)CCCCC)OC(O)C[C@@H]2O. The molecule has 0 aromatic carbocycles. The van der Waals surface area contributed by atoms with Crippen LogP contribution in [0.4, 0.5) is 0 Å². The Bertz CT molecular complexity index is 1410. The number of hydrogen-bond acceptors (Lipinski definition) is 16. The number of hydrogen-bond donors (Lipinski definition) is 9. The highest BCUT2D eigenvalue weighted by atomic mass is 31.2. The predicted molar refractivity (Wildman–Crippen MR) is 243 cm³/mol. The van der Waals surface area contributed by atoms with Crippen LogP contribution in [-0.4, -0.2) is 138 Å². The van der Waals surface area contributed by atoms with E-state index in [-0.39, 0.29) is 19.3 Å². The van der Waals surface area contributed by atoms with Gasteiger partial charge in [0.2, 0.25) is 0 Å². The molecule has 1 saturated heterocycles. The lowest BCUT2D eigenvalue weighted by atomic mass is 9.83. The summed E-state index contributed by atoms with van der Waals surface area (Å²) < 4.78 is 40.3. The lowest BCUT2D eigenvalue weighted by molar-refractivity contribution is -0.213.